The van der Waals surface area contributed by atoms with Gasteiger partial charge in [0.05, 0.1) is 25.5 Å². The van der Waals surface area contributed by atoms with Crippen LogP contribution in [0.25, 0.3) is 0 Å². The molecule has 90 valence electrons. The molecule has 0 spiro atoms. The van der Waals surface area contributed by atoms with E-state index in [0.717, 1.165) is 0 Å². The average molecular weight is 236 g/mol. The molecular weight excluding hydrogens is 224 g/mol. The molecular formula is C10H12N4O3. The highest BCUT2D eigenvalue weighted by Gasteiger charge is 2.12. The summed E-state index contributed by atoms with van der Waals surface area (Å²) in [7, 11) is 0. The van der Waals surface area contributed by atoms with Gasteiger partial charge in [-0.1, -0.05) is 5.21 Å². The van der Waals surface area contributed by atoms with Crippen molar-refractivity contribution in [2.75, 3.05) is 6.54 Å². The van der Waals surface area contributed by atoms with Gasteiger partial charge in [-0.2, -0.15) is 0 Å². The van der Waals surface area contributed by atoms with E-state index in [1.807, 2.05) is 0 Å². The van der Waals surface area contributed by atoms with Gasteiger partial charge in [-0.05, 0) is 6.07 Å². The van der Waals surface area contributed by atoms with Crippen LogP contribution in [-0.4, -0.2) is 32.6 Å². The Hall–Kier alpha value is -2.15. The molecule has 0 amide bonds. The number of carboxylic acid groups (broad SMARTS) is 1. The maximum Gasteiger partial charge on any atom is 0.339 e. The minimum atomic E-state index is -0.980. The summed E-state index contributed by atoms with van der Waals surface area (Å²) in [6.45, 7) is 1.70. The number of furan rings is 1. The Morgan fingerprint density at radius 3 is 3.18 bits per heavy atom. The maximum atomic E-state index is 10.8. The van der Waals surface area contributed by atoms with Gasteiger partial charge in [0.2, 0.25) is 0 Å². The van der Waals surface area contributed by atoms with Crippen molar-refractivity contribution in [3.05, 3.63) is 36.0 Å². The quantitative estimate of drug-likeness (QED) is 0.703. The Balaban J connectivity index is 1.78. The number of carboxylic acids is 1. The summed E-state index contributed by atoms with van der Waals surface area (Å²) >= 11 is 0. The third kappa shape index (κ3) is 2.91. The lowest BCUT2D eigenvalue weighted by Crippen LogP contribution is -2.20. The van der Waals surface area contributed by atoms with Crippen molar-refractivity contribution < 1.29 is 14.3 Å². The van der Waals surface area contributed by atoms with E-state index in [4.69, 9.17) is 9.52 Å². The molecule has 0 aromatic carbocycles. The normalized spacial score (nSPS) is 10.6. The summed E-state index contributed by atoms with van der Waals surface area (Å²) in [6.07, 6.45) is 4.74. The van der Waals surface area contributed by atoms with Gasteiger partial charge in [0.1, 0.15) is 11.3 Å². The summed E-state index contributed by atoms with van der Waals surface area (Å²) in [5.74, 6) is -0.553. The summed E-state index contributed by atoms with van der Waals surface area (Å²) in [5.41, 5.74) is 0.193. The molecule has 17 heavy (non-hydrogen) atoms. The minimum Gasteiger partial charge on any atom is -0.478 e. The summed E-state index contributed by atoms with van der Waals surface area (Å²) < 4.78 is 6.77. The first-order valence-corrected chi connectivity index (χ1v) is 5.12. The Kier molecular flexibility index (Phi) is 3.51. The van der Waals surface area contributed by atoms with E-state index < -0.39 is 5.97 Å². The van der Waals surface area contributed by atoms with Crippen LogP contribution in [0.2, 0.25) is 0 Å². The zero-order valence-corrected chi connectivity index (χ0v) is 9.04. The third-order valence-corrected chi connectivity index (χ3v) is 2.25. The Labute approximate surface area is 97.0 Å². The van der Waals surface area contributed by atoms with Crippen LogP contribution < -0.4 is 5.32 Å². The lowest BCUT2D eigenvalue weighted by atomic mass is 10.2. The molecule has 0 fully saturated rings. The third-order valence-electron chi connectivity index (χ3n) is 2.25. The van der Waals surface area contributed by atoms with Crippen LogP contribution in [0.5, 0.6) is 0 Å². The van der Waals surface area contributed by atoms with Crippen LogP contribution in [0.15, 0.2) is 29.1 Å². The first-order valence-electron chi connectivity index (χ1n) is 5.12. The number of hydrogen-bond donors (Lipinski definition) is 2. The molecule has 0 atom stereocenters. The largest absolute Gasteiger partial charge is 0.478 e. The predicted molar refractivity (Wildman–Crippen MR) is 57.4 cm³/mol. The highest BCUT2D eigenvalue weighted by atomic mass is 16.4. The second-order valence-corrected chi connectivity index (χ2v) is 3.41. The van der Waals surface area contributed by atoms with Crippen LogP contribution in [0.4, 0.5) is 0 Å². The van der Waals surface area contributed by atoms with Crippen molar-refractivity contribution in [1.29, 1.82) is 0 Å². The van der Waals surface area contributed by atoms with E-state index in [-0.39, 0.29) is 5.56 Å². The lowest BCUT2D eigenvalue weighted by molar-refractivity contribution is 0.0694. The molecule has 0 aliphatic heterocycles. The zero-order valence-electron chi connectivity index (χ0n) is 9.04. The van der Waals surface area contributed by atoms with Crippen LogP contribution >= 0.6 is 0 Å². The Morgan fingerprint density at radius 2 is 2.47 bits per heavy atom. The number of aromatic nitrogens is 3. The van der Waals surface area contributed by atoms with E-state index in [0.29, 0.717) is 25.4 Å². The molecule has 0 aliphatic carbocycles. The zero-order chi connectivity index (χ0) is 12.1. The van der Waals surface area contributed by atoms with Gasteiger partial charge < -0.3 is 14.8 Å². The van der Waals surface area contributed by atoms with Crippen molar-refractivity contribution in [2.45, 2.75) is 13.1 Å². The molecule has 0 bridgehead atoms. The Bertz CT molecular complexity index is 477. The fraction of sp³-hybridized carbons (Fsp3) is 0.300. The SMILES string of the molecule is O=C(O)c1ccoc1CNCCn1ccnn1. The number of nitrogens with one attached hydrogen (secondary N) is 1. The lowest BCUT2D eigenvalue weighted by Gasteiger charge is -2.03. The monoisotopic (exact) mass is 236 g/mol. The fourth-order valence-corrected chi connectivity index (χ4v) is 1.42. The molecule has 0 unspecified atom stereocenters. The summed E-state index contributed by atoms with van der Waals surface area (Å²) in [5, 5.41) is 19.4. The molecule has 0 saturated carbocycles. The second-order valence-electron chi connectivity index (χ2n) is 3.41. The summed E-state index contributed by atoms with van der Waals surface area (Å²) in [6, 6.07) is 1.44. The van der Waals surface area contributed by atoms with Gasteiger partial charge >= 0.3 is 5.97 Å². The van der Waals surface area contributed by atoms with Crippen LogP contribution in [0, 0.1) is 0 Å². The molecule has 2 aromatic rings. The van der Waals surface area contributed by atoms with Crippen molar-refractivity contribution in [3.8, 4) is 0 Å². The number of rotatable bonds is 6. The van der Waals surface area contributed by atoms with Crippen LogP contribution in [-0.2, 0) is 13.1 Å². The highest BCUT2D eigenvalue weighted by molar-refractivity contribution is 5.88. The molecule has 2 rings (SSSR count). The fourth-order valence-electron chi connectivity index (χ4n) is 1.42. The standard InChI is InChI=1S/C10H12N4O3/c15-10(16)8-1-6-17-9(8)7-11-2-4-14-5-3-12-13-14/h1,3,5-6,11H,2,4,7H2,(H,15,16). The first kappa shape index (κ1) is 11.3. The van der Waals surface area contributed by atoms with E-state index in [1.54, 1.807) is 17.1 Å². The molecule has 0 saturated heterocycles. The highest BCUT2D eigenvalue weighted by Crippen LogP contribution is 2.09. The van der Waals surface area contributed by atoms with E-state index >= 15 is 0 Å². The van der Waals surface area contributed by atoms with Gasteiger partial charge in [0.25, 0.3) is 0 Å². The van der Waals surface area contributed by atoms with E-state index in [9.17, 15) is 4.79 Å². The molecule has 7 heteroatoms. The topological polar surface area (TPSA) is 93.2 Å². The molecule has 0 radical (unpaired) electrons. The maximum absolute atomic E-state index is 10.8. The molecule has 0 aliphatic rings. The average Bonchev–Trinajstić information content (AvgIpc) is 2.95. The molecule has 2 N–H and O–H groups in total. The van der Waals surface area contributed by atoms with Gasteiger partial charge in [-0.15, -0.1) is 5.10 Å². The van der Waals surface area contributed by atoms with Gasteiger partial charge in [0, 0.05) is 12.7 Å². The number of nitrogens with zero attached hydrogens (tertiary/aromatic N) is 3. The van der Waals surface area contributed by atoms with Crippen LogP contribution in [0.3, 0.4) is 0 Å². The van der Waals surface area contributed by atoms with Gasteiger partial charge in [-0.3, -0.25) is 4.68 Å². The van der Waals surface area contributed by atoms with Gasteiger partial charge in [0.15, 0.2) is 0 Å². The van der Waals surface area contributed by atoms with Crippen LogP contribution in [0.1, 0.15) is 16.1 Å². The molecule has 2 heterocycles. The van der Waals surface area contributed by atoms with Crippen molar-refractivity contribution >= 4 is 5.97 Å². The van der Waals surface area contributed by atoms with Crippen molar-refractivity contribution in [2.24, 2.45) is 0 Å². The minimum absolute atomic E-state index is 0.193. The second kappa shape index (κ2) is 5.26. The first-order chi connectivity index (χ1) is 8.27. The predicted octanol–water partition coefficient (Wildman–Crippen LogP) is 0.359. The van der Waals surface area contributed by atoms with E-state index in [1.165, 1.54) is 12.3 Å². The van der Waals surface area contributed by atoms with Crippen molar-refractivity contribution in [1.82, 2.24) is 20.3 Å². The number of carbonyl (C=O) groups is 1. The summed E-state index contributed by atoms with van der Waals surface area (Å²) in [4.78, 5) is 10.8. The van der Waals surface area contributed by atoms with Gasteiger partial charge in [-0.25, -0.2) is 4.79 Å². The van der Waals surface area contributed by atoms with Crippen molar-refractivity contribution in [3.63, 3.8) is 0 Å². The molecule has 2 aromatic heterocycles. The van der Waals surface area contributed by atoms with E-state index in [2.05, 4.69) is 15.6 Å². The molecule has 7 nitrogen and oxygen atoms in total. The number of aromatic carboxylic acids is 1. The smallest absolute Gasteiger partial charge is 0.339 e. The number of hydrogen-bond acceptors (Lipinski definition) is 5. The Morgan fingerprint density at radius 1 is 1.59 bits per heavy atom.